The zero-order valence-electron chi connectivity index (χ0n) is 17.0. The van der Waals surface area contributed by atoms with Gasteiger partial charge in [-0.3, -0.25) is 0 Å². The fourth-order valence-electron chi connectivity index (χ4n) is 2.86. The van der Waals surface area contributed by atoms with Crippen molar-refractivity contribution in [1.29, 1.82) is 0 Å². The van der Waals surface area contributed by atoms with Crippen LogP contribution in [0.15, 0.2) is 35.4 Å². The van der Waals surface area contributed by atoms with Crippen LogP contribution in [0.5, 0.6) is 0 Å². The maximum Gasteiger partial charge on any atom is 1.00 e. The number of hydrogen-bond acceptors (Lipinski definition) is 1. The van der Waals surface area contributed by atoms with Crippen molar-refractivity contribution >= 4 is 7.92 Å². The number of hydrogen-bond donors (Lipinski definition) is 0. The van der Waals surface area contributed by atoms with Crippen molar-refractivity contribution in [1.82, 2.24) is 4.90 Å². The standard InChI is InChI=1S/C19H34N2P.CO.Ru/c1-9-21(10-2)14-16-12-11-13-17(20-16)15-22(18(3,4)5)19(6,7)8;1-2;/h11-13,15H,9-10,14H2,1-8H3;;/q-1;;+1. The summed E-state index contributed by atoms with van der Waals surface area (Å²) in [5.74, 6) is 2.43. The van der Waals surface area contributed by atoms with Gasteiger partial charge in [0.1, 0.15) is 0 Å². The summed E-state index contributed by atoms with van der Waals surface area (Å²) in [4.78, 5) is 2.41. The Bertz CT molecular complexity index is 478. The number of allylic oxidation sites excluding steroid dienone is 3. The summed E-state index contributed by atoms with van der Waals surface area (Å²) in [6, 6.07) is 0. The van der Waals surface area contributed by atoms with Crippen LogP contribution >= 0.6 is 7.92 Å². The maximum atomic E-state index is 7.50. The molecule has 1 rings (SSSR count). The average Bonchev–Trinajstić information content (AvgIpc) is 2.50. The van der Waals surface area contributed by atoms with Crippen molar-refractivity contribution in [2.75, 3.05) is 19.6 Å². The van der Waals surface area contributed by atoms with Crippen molar-refractivity contribution < 1.29 is 24.1 Å². The fourth-order valence-corrected chi connectivity index (χ4v) is 6.06. The minimum absolute atomic E-state index is 0. The van der Waals surface area contributed by atoms with Crippen LogP contribution in [0.25, 0.3) is 5.32 Å². The first-order chi connectivity index (χ1) is 11.1. The molecule has 1 radical (unpaired) electrons. The van der Waals surface area contributed by atoms with Crippen molar-refractivity contribution in [2.24, 2.45) is 0 Å². The molecular formula is C20H34N2OPRu. The van der Waals surface area contributed by atoms with Crippen LogP contribution in [0.3, 0.4) is 0 Å². The molecule has 0 spiro atoms. The van der Waals surface area contributed by atoms with Gasteiger partial charge in [0.25, 0.3) is 0 Å². The molecular weight excluding hydrogens is 416 g/mol. The van der Waals surface area contributed by atoms with Gasteiger partial charge in [-0.2, -0.15) is 0 Å². The van der Waals surface area contributed by atoms with Gasteiger partial charge in [-0.25, -0.2) is 0 Å². The van der Waals surface area contributed by atoms with E-state index in [-0.39, 0.29) is 27.4 Å². The number of likely N-dealkylation sites (N-methyl/N-ethyl adjacent to an activating group) is 1. The van der Waals surface area contributed by atoms with Crippen molar-refractivity contribution in [3.05, 3.63) is 47.4 Å². The van der Waals surface area contributed by atoms with E-state index in [1.54, 1.807) is 0 Å². The van der Waals surface area contributed by atoms with Gasteiger partial charge < -0.3 is 10.2 Å². The molecule has 5 heteroatoms. The molecule has 0 amide bonds. The average molecular weight is 451 g/mol. The summed E-state index contributed by atoms with van der Waals surface area (Å²) >= 11 is 0. The summed E-state index contributed by atoms with van der Waals surface area (Å²) in [5, 5.41) is 5.49. The Hall–Kier alpha value is -0.227. The minimum Gasteiger partial charge on any atom is 1.00 e. The van der Waals surface area contributed by atoms with Gasteiger partial charge in [0.15, 0.2) is 0 Å². The van der Waals surface area contributed by atoms with Crippen LogP contribution in [0.2, 0.25) is 0 Å². The zero-order valence-corrected chi connectivity index (χ0v) is 19.7. The van der Waals surface area contributed by atoms with E-state index in [1.165, 1.54) is 5.70 Å². The Morgan fingerprint density at radius 3 is 1.96 bits per heavy atom. The molecule has 25 heavy (non-hydrogen) atoms. The normalized spacial score (nSPS) is 16.0. The molecule has 0 fully saturated rings. The molecule has 0 atom stereocenters. The second-order valence-electron chi connectivity index (χ2n) is 7.86. The molecule has 0 N–H and O–H groups in total. The van der Waals surface area contributed by atoms with E-state index < -0.39 is 0 Å². The van der Waals surface area contributed by atoms with Crippen molar-refractivity contribution in [2.45, 2.75) is 65.7 Å². The zero-order chi connectivity index (χ0) is 19.0. The Labute approximate surface area is 169 Å². The van der Waals surface area contributed by atoms with Crippen LogP contribution in [0, 0.1) is 6.65 Å². The third kappa shape index (κ3) is 9.88. The number of rotatable bonds is 5. The molecule has 0 aromatic carbocycles. The smallest absolute Gasteiger partial charge is 1.00 e. The Morgan fingerprint density at radius 1 is 1.08 bits per heavy atom. The van der Waals surface area contributed by atoms with E-state index >= 15 is 0 Å². The molecule has 0 aromatic rings. The van der Waals surface area contributed by atoms with Gasteiger partial charge >= 0.3 is 30.8 Å². The first-order valence-corrected chi connectivity index (χ1v) is 10.0. The van der Waals surface area contributed by atoms with Gasteiger partial charge in [-0.1, -0.05) is 87.4 Å². The molecule has 1 heterocycles. The Balaban J connectivity index is 0. The first kappa shape index (κ1) is 27.0. The first-order valence-electron chi connectivity index (χ1n) is 8.61. The molecule has 0 saturated heterocycles. The third-order valence-corrected chi connectivity index (χ3v) is 7.23. The summed E-state index contributed by atoms with van der Waals surface area (Å²) in [6.45, 7) is 26.1. The second-order valence-corrected chi connectivity index (χ2v) is 11.5. The van der Waals surface area contributed by atoms with E-state index in [9.17, 15) is 0 Å². The number of nitrogens with zero attached hydrogens (tertiary/aromatic N) is 2. The fraction of sp³-hybridized carbons (Fsp3) is 0.650. The molecule has 3 nitrogen and oxygen atoms in total. The van der Waals surface area contributed by atoms with E-state index in [0.29, 0.717) is 10.3 Å². The van der Waals surface area contributed by atoms with Crippen LogP contribution in [-0.2, 0) is 24.1 Å². The van der Waals surface area contributed by atoms with E-state index in [0.717, 1.165) is 25.3 Å². The van der Waals surface area contributed by atoms with Crippen LogP contribution in [-0.4, -0.2) is 34.8 Å². The monoisotopic (exact) mass is 451 g/mol. The predicted molar refractivity (Wildman–Crippen MR) is 107 cm³/mol. The van der Waals surface area contributed by atoms with Gasteiger partial charge in [0.2, 0.25) is 0 Å². The van der Waals surface area contributed by atoms with Gasteiger partial charge in [-0.15, -0.1) is 11.4 Å². The van der Waals surface area contributed by atoms with E-state index in [1.807, 2.05) is 0 Å². The molecule has 0 bridgehead atoms. The van der Waals surface area contributed by atoms with Gasteiger partial charge in [0.05, 0.1) is 0 Å². The van der Waals surface area contributed by atoms with Crippen LogP contribution in [0.4, 0.5) is 0 Å². The summed E-state index contributed by atoms with van der Waals surface area (Å²) in [5.41, 5.74) is 2.32. The van der Waals surface area contributed by atoms with E-state index in [2.05, 4.69) is 91.0 Å². The quantitative estimate of drug-likeness (QED) is 0.218. The Kier molecular flexibility index (Phi) is 13.2. The van der Waals surface area contributed by atoms with Gasteiger partial charge in [0, 0.05) is 6.54 Å². The molecule has 0 aromatic heterocycles. The molecule has 0 aliphatic carbocycles. The minimum atomic E-state index is -0.260. The molecule has 0 unspecified atom stereocenters. The molecule has 143 valence electrons. The molecule has 0 saturated carbocycles. The van der Waals surface area contributed by atoms with Crippen molar-refractivity contribution in [3.63, 3.8) is 0 Å². The second kappa shape index (κ2) is 12.2. The Morgan fingerprint density at radius 2 is 1.56 bits per heavy atom. The molecule has 1 aliphatic rings. The third-order valence-electron chi connectivity index (χ3n) is 3.82. The SMILES string of the molecule is CCN(CC)CC1=CC=CC(=CP(C(C)(C)C)C(C)(C)C)[N-]1.[C-]#[O+].[Ru+]. The summed E-state index contributed by atoms with van der Waals surface area (Å²) < 4.78 is 7.50. The van der Waals surface area contributed by atoms with Crippen LogP contribution < -0.4 is 0 Å². The molecule has 1 aliphatic heterocycles. The summed E-state index contributed by atoms with van der Waals surface area (Å²) in [7, 11) is -0.260. The topological polar surface area (TPSA) is 37.2 Å². The summed E-state index contributed by atoms with van der Waals surface area (Å²) in [6.07, 6.45) is 6.45. The van der Waals surface area contributed by atoms with Gasteiger partial charge in [-0.05, 0) is 23.4 Å². The van der Waals surface area contributed by atoms with Crippen molar-refractivity contribution in [3.8, 4) is 0 Å². The van der Waals surface area contributed by atoms with E-state index in [4.69, 9.17) is 9.97 Å². The van der Waals surface area contributed by atoms with Crippen LogP contribution in [0.1, 0.15) is 55.4 Å². The predicted octanol–water partition coefficient (Wildman–Crippen LogP) is 6.04. The largest absolute Gasteiger partial charge is 1.00 e. The maximum absolute atomic E-state index is 7.50.